The summed E-state index contributed by atoms with van der Waals surface area (Å²) in [4.78, 5) is 21.9. The third-order valence-corrected chi connectivity index (χ3v) is 2.59. The second-order valence-corrected chi connectivity index (χ2v) is 4.08. The Morgan fingerprint density at radius 2 is 1.95 bits per heavy atom. The molecule has 0 bridgehead atoms. The van der Waals surface area contributed by atoms with Crippen LogP contribution < -0.4 is 5.32 Å². The molecule has 0 heterocycles. The normalized spacial score (nSPS) is 12.8. The van der Waals surface area contributed by atoms with Crippen LogP contribution in [-0.2, 0) is 22.3 Å². The first-order valence-electron chi connectivity index (χ1n) is 5.49. The van der Waals surface area contributed by atoms with Crippen molar-refractivity contribution in [3.63, 3.8) is 0 Å². The van der Waals surface area contributed by atoms with Crippen molar-refractivity contribution in [3.8, 4) is 0 Å². The van der Waals surface area contributed by atoms with Gasteiger partial charge < -0.3 is 10.4 Å². The van der Waals surface area contributed by atoms with Crippen molar-refractivity contribution in [1.82, 2.24) is 5.32 Å². The van der Waals surface area contributed by atoms with Crippen LogP contribution in [-0.4, -0.2) is 17.0 Å². The van der Waals surface area contributed by atoms with Crippen molar-refractivity contribution in [2.24, 2.45) is 5.92 Å². The standard InChI is InChI=1S/C12H11F4NO3/c1-6(11(19)20)10(18)17-5-7-2-3-8(13)4-9(7)12(14,15)16/h2-4,6H,5H2,1H3,(H,17,18)(H,19,20). The number of alkyl halides is 3. The third kappa shape index (κ3) is 3.94. The number of carbonyl (C=O) groups is 2. The summed E-state index contributed by atoms with van der Waals surface area (Å²) in [6, 6.07) is 2.04. The minimum atomic E-state index is -4.76. The largest absolute Gasteiger partial charge is 0.481 e. The van der Waals surface area contributed by atoms with Crippen LogP contribution in [0.4, 0.5) is 17.6 Å². The first kappa shape index (κ1) is 15.9. The fraction of sp³-hybridized carbons (Fsp3) is 0.333. The van der Waals surface area contributed by atoms with Gasteiger partial charge in [-0.1, -0.05) is 6.07 Å². The number of benzene rings is 1. The van der Waals surface area contributed by atoms with Crippen molar-refractivity contribution in [2.75, 3.05) is 0 Å². The zero-order chi connectivity index (χ0) is 15.5. The van der Waals surface area contributed by atoms with Crippen LogP contribution in [0.2, 0.25) is 0 Å². The lowest BCUT2D eigenvalue weighted by atomic mass is 10.1. The summed E-state index contributed by atoms with van der Waals surface area (Å²) < 4.78 is 50.8. The summed E-state index contributed by atoms with van der Waals surface area (Å²) in [5, 5.41) is 10.6. The fourth-order valence-electron chi connectivity index (χ4n) is 1.41. The number of carbonyl (C=O) groups excluding carboxylic acids is 1. The second kappa shape index (κ2) is 5.89. The lowest BCUT2D eigenvalue weighted by Gasteiger charge is -2.14. The Hall–Kier alpha value is -2.12. The van der Waals surface area contributed by atoms with Gasteiger partial charge in [-0.15, -0.1) is 0 Å². The number of rotatable bonds is 4. The molecule has 0 aliphatic rings. The predicted octanol–water partition coefficient (Wildman–Crippen LogP) is 2.18. The van der Waals surface area contributed by atoms with E-state index in [0.29, 0.717) is 6.07 Å². The molecule has 0 radical (unpaired) electrons. The second-order valence-electron chi connectivity index (χ2n) is 4.08. The maximum absolute atomic E-state index is 12.8. The smallest absolute Gasteiger partial charge is 0.416 e. The molecule has 0 aliphatic carbocycles. The maximum atomic E-state index is 12.8. The molecule has 4 nitrogen and oxygen atoms in total. The number of amides is 1. The molecule has 0 aromatic heterocycles. The van der Waals surface area contributed by atoms with E-state index in [1.54, 1.807) is 0 Å². The Morgan fingerprint density at radius 3 is 2.45 bits per heavy atom. The van der Waals surface area contributed by atoms with Crippen LogP contribution in [0, 0.1) is 11.7 Å². The quantitative estimate of drug-likeness (QED) is 0.660. The van der Waals surface area contributed by atoms with Gasteiger partial charge in [-0.25, -0.2) is 4.39 Å². The molecule has 1 atom stereocenters. The molecule has 1 aromatic carbocycles. The molecule has 0 saturated carbocycles. The van der Waals surface area contributed by atoms with Gasteiger partial charge in [0.15, 0.2) is 0 Å². The average molecular weight is 293 g/mol. The highest BCUT2D eigenvalue weighted by Crippen LogP contribution is 2.32. The van der Waals surface area contributed by atoms with Crippen LogP contribution >= 0.6 is 0 Å². The van der Waals surface area contributed by atoms with E-state index in [1.807, 2.05) is 0 Å². The van der Waals surface area contributed by atoms with E-state index in [-0.39, 0.29) is 5.56 Å². The zero-order valence-electron chi connectivity index (χ0n) is 10.3. The molecule has 1 aromatic rings. The van der Waals surface area contributed by atoms with Crippen molar-refractivity contribution >= 4 is 11.9 Å². The SMILES string of the molecule is CC(C(=O)O)C(=O)NCc1ccc(F)cc1C(F)(F)F. The fourth-order valence-corrected chi connectivity index (χ4v) is 1.41. The van der Waals surface area contributed by atoms with E-state index in [2.05, 4.69) is 5.32 Å². The summed E-state index contributed by atoms with van der Waals surface area (Å²) in [5.74, 6) is -4.75. The predicted molar refractivity (Wildman–Crippen MR) is 60.0 cm³/mol. The number of hydrogen-bond donors (Lipinski definition) is 2. The number of nitrogens with one attached hydrogen (secondary N) is 1. The van der Waals surface area contributed by atoms with E-state index >= 15 is 0 Å². The topological polar surface area (TPSA) is 66.4 Å². The molecule has 20 heavy (non-hydrogen) atoms. The molecule has 1 unspecified atom stereocenters. The molecule has 1 amide bonds. The van der Waals surface area contributed by atoms with Gasteiger partial charge in [0.05, 0.1) is 5.56 Å². The molecule has 0 saturated heterocycles. The van der Waals surface area contributed by atoms with Crippen molar-refractivity contribution in [3.05, 3.63) is 35.1 Å². The average Bonchev–Trinajstić information content (AvgIpc) is 2.34. The van der Waals surface area contributed by atoms with Gasteiger partial charge in [0.1, 0.15) is 11.7 Å². The van der Waals surface area contributed by atoms with Gasteiger partial charge >= 0.3 is 12.1 Å². The number of hydrogen-bond acceptors (Lipinski definition) is 2. The third-order valence-electron chi connectivity index (χ3n) is 2.59. The van der Waals surface area contributed by atoms with Crippen LogP contribution in [0.5, 0.6) is 0 Å². The van der Waals surface area contributed by atoms with E-state index in [1.165, 1.54) is 0 Å². The Morgan fingerprint density at radius 1 is 1.35 bits per heavy atom. The first-order valence-corrected chi connectivity index (χ1v) is 5.49. The van der Waals surface area contributed by atoms with Crippen LogP contribution in [0.25, 0.3) is 0 Å². The number of aliphatic carboxylic acids is 1. The highest BCUT2D eigenvalue weighted by Gasteiger charge is 2.34. The minimum absolute atomic E-state index is 0.322. The van der Waals surface area contributed by atoms with E-state index in [9.17, 15) is 27.2 Å². The van der Waals surface area contributed by atoms with Gasteiger partial charge in [0.25, 0.3) is 0 Å². The molecule has 0 aliphatic heterocycles. The molecule has 8 heteroatoms. The van der Waals surface area contributed by atoms with E-state index in [4.69, 9.17) is 5.11 Å². The van der Waals surface area contributed by atoms with Crippen LogP contribution in [0.1, 0.15) is 18.1 Å². The van der Waals surface area contributed by atoms with Crippen LogP contribution in [0.15, 0.2) is 18.2 Å². The van der Waals surface area contributed by atoms with Gasteiger partial charge in [-0.2, -0.15) is 13.2 Å². The molecule has 0 fully saturated rings. The van der Waals surface area contributed by atoms with Gasteiger partial charge in [-0.3, -0.25) is 9.59 Å². The number of carboxylic acid groups (broad SMARTS) is 1. The van der Waals surface area contributed by atoms with Gasteiger partial charge in [0.2, 0.25) is 5.91 Å². The Kier molecular flexibility index (Phi) is 4.69. The summed E-state index contributed by atoms with van der Waals surface area (Å²) in [5.41, 5.74) is -1.55. The number of carboxylic acids is 1. The van der Waals surface area contributed by atoms with Crippen LogP contribution in [0.3, 0.4) is 0 Å². The highest BCUT2D eigenvalue weighted by atomic mass is 19.4. The summed E-state index contributed by atoms with van der Waals surface area (Å²) in [7, 11) is 0. The van der Waals surface area contributed by atoms with Crippen molar-refractivity contribution < 1.29 is 32.3 Å². The van der Waals surface area contributed by atoms with Crippen molar-refractivity contribution in [2.45, 2.75) is 19.6 Å². The Bertz CT molecular complexity index is 528. The van der Waals surface area contributed by atoms with Crippen molar-refractivity contribution in [1.29, 1.82) is 0 Å². The lowest BCUT2D eigenvalue weighted by molar-refractivity contribution is -0.146. The maximum Gasteiger partial charge on any atom is 0.416 e. The first-order chi connectivity index (χ1) is 9.12. The summed E-state index contributed by atoms with van der Waals surface area (Å²) >= 11 is 0. The number of halogens is 4. The monoisotopic (exact) mass is 293 g/mol. The van der Waals surface area contributed by atoms with E-state index < -0.39 is 41.9 Å². The molecule has 0 spiro atoms. The molecular weight excluding hydrogens is 282 g/mol. The molecule has 1 rings (SSSR count). The molecule has 110 valence electrons. The minimum Gasteiger partial charge on any atom is -0.481 e. The molecular formula is C12H11F4NO3. The Balaban J connectivity index is 2.89. The van der Waals surface area contributed by atoms with Gasteiger partial charge in [-0.05, 0) is 24.6 Å². The Labute approximate surface area is 111 Å². The lowest BCUT2D eigenvalue weighted by Crippen LogP contribution is -2.33. The zero-order valence-corrected chi connectivity index (χ0v) is 10.3. The molecule has 2 N–H and O–H groups in total. The van der Waals surface area contributed by atoms with E-state index in [0.717, 1.165) is 19.1 Å². The highest BCUT2D eigenvalue weighted by molar-refractivity contribution is 5.96. The summed E-state index contributed by atoms with van der Waals surface area (Å²) in [6.45, 7) is 0.568. The van der Waals surface area contributed by atoms with Gasteiger partial charge in [0, 0.05) is 6.54 Å². The summed E-state index contributed by atoms with van der Waals surface area (Å²) in [6.07, 6.45) is -4.76.